The first-order valence-electron chi connectivity index (χ1n) is 8.47. The fourth-order valence-corrected chi connectivity index (χ4v) is 4.12. The van der Waals surface area contributed by atoms with Crippen LogP contribution in [0.1, 0.15) is 12.1 Å². The van der Waals surface area contributed by atoms with Gasteiger partial charge in [0.05, 0.1) is 17.7 Å². The minimum atomic E-state index is -0.327. The normalized spacial score (nSPS) is 32.0. The molecule has 0 aliphatic carbocycles. The third kappa shape index (κ3) is 2.77. The number of hydrogen-bond donors (Lipinski definition) is 1. The van der Waals surface area contributed by atoms with E-state index in [9.17, 15) is 4.79 Å². The zero-order valence-electron chi connectivity index (χ0n) is 13.4. The van der Waals surface area contributed by atoms with E-state index < -0.39 is 0 Å². The number of carbonyl (C=O) groups is 1. The number of amides is 1. The molecule has 0 saturated carbocycles. The summed E-state index contributed by atoms with van der Waals surface area (Å²) in [5, 5.41) is 7.37. The van der Waals surface area contributed by atoms with Crippen LogP contribution in [0, 0.1) is 11.3 Å². The zero-order chi connectivity index (χ0) is 15.7. The highest BCUT2D eigenvalue weighted by atomic mass is 16.5. The van der Waals surface area contributed by atoms with Gasteiger partial charge < -0.3 is 19.5 Å². The van der Waals surface area contributed by atoms with Crippen LogP contribution in [0.2, 0.25) is 0 Å². The monoisotopic (exact) mass is 320 g/mol. The van der Waals surface area contributed by atoms with Gasteiger partial charge in [0.15, 0.2) is 0 Å². The average molecular weight is 320 g/mol. The lowest BCUT2D eigenvalue weighted by Gasteiger charge is -2.43. The van der Waals surface area contributed by atoms with E-state index >= 15 is 0 Å². The summed E-state index contributed by atoms with van der Waals surface area (Å²) < 4.78 is 10.6. The molecule has 0 bridgehead atoms. The van der Waals surface area contributed by atoms with Crippen molar-refractivity contribution in [3.05, 3.63) is 18.0 Å². The van der Waals surface area contributed by atoms with Gasteiger partial charge in [0.1, 0.15) is 6.26 Å². The fourth-order valence-electron chi connectivity index (χ4n) is 4.12. The van der Waals surface area contributed by atoms with E-state index in [1.54, 1.807) is 6.26 Å². The van der Waals surface area contributed by atoms with Gasteiger partial charge in [-0.2, -0.15) is 0 Å². The van der Waals surface area contributed by atoms with Crippen molar-refractivity contribution >= 4 is 5.91 Å². The molecule has 7 heteroatoms. The molecule has 2 atom stereocenters. The maximum absolute atomic E-state index is 13.1. The Labute approximate surface area is 135 Å². The van der Waals surface area contributed by atoms with Crippen molar-refractivity contribution in [3.8, 4) is 0 Å². The SMILES string of the molecule is O=C(N1CCN(Cc2ccon2)CC1)[C@]12CNC[C@H]1CCOC2. The van der Waals surface area contributed by atoms with Gasteiger partial charge in [0.2, 0.25) is 5.91 Å². The van der Waals surface area contributed by atoms with Gasteiger partial charge >= 0.3 is 0 Å². The quantitative estimate of drug-likeness (QED) is 0.842. The van der Waals surface area contributed by atoms with E-state index in [0.29, 0.717) is 12.5 Å². The summed E-state index contributed by atoms with van der Waals surface area (Å²) in [5.74, 6) is 0.713. The largest absolute Gasteiger partial charge is 0.380 e. The van der Waals surface area contributed by atoms with E-state index in [-0.39, 0.29) is 11.3 Å². The highest BCUT2D eigenvalue weighted by Crippen LogP contribution is 2.39. The molecule has 126 valence electrons. The van der Waals surface area contributed by atoms with Crippen molar-refractivity contribution in [1.82, 2.24) is 20.3 Å². The number of piperazine rings is 1. The standard InChI is InChI=1S/C16H24N4O3/c21-15(16-11-17-9-13(16)1-7-22-12-16)20-5-3-19(4-6-20)10-14-2-8-23-18-14/h2,8,13,17H,1,3-7,9-12H2/t13-,16+/m1/s1. The highest BCUT2D eigenvalue weighted by molar-refractivity contribution is 5.84. The van der Waals surface area contributed by atoms with Gasteiger partial charge in [-0.1, -0.05) is 5.16 Å². The maximum Gasteiger partial charge on any atom is 0.232 e. The Bertz CT molecular complexity index is 542. The lowest BCUT2D eigenvalue weighted by Crippen LogP contribution is -2.57. The van der Waals surface area contributed by atoms with Gasteiger partial charge in [0.25, 0.3) is 0 Å². The molecule has 1 aromatic heterocycles. The molecule has 1 N–H and O–H groups in total. The third-order valence-electron chi connectivity index (χ3n) is 5.55. The lowest BCUT2D eigenvalue weighted by atomic mass is 9.74. The summed E-state index contributed by atoms with van der Waals surface area (Å²) in [7, 11) is 0. The summed E-state index contributed by atoms with van der Waals surface area (Å²) in [6.45, 7) is 7.18. The van der Waals surface area contributed by atoms with Crippen LogP contribution in [-0.2, 0) is 16.1 Å². The van der Waals surface area contributed by atoms with Crippen LogP contribution in [0.3, 0.4) is 0 Å². The van der Waals surface area contributed by atoms with Crippen LogP contribution in [-0.4, -0.2) is 73.3 Å². The second-order valence-electron chi connectivity index (χ2n) is 6.88. The number of fused-ring (bicyclic) bond motifs is 1. The first-order chi connectivity index (χ1) is 11.3. The van der Waals surface area contributed by atoms with E-state index in [1.807, 2.05) is 11.0 Å². The van der Waals surface area contributed by atoms with Crippen molar-refractivity contribution in [2.45, 2.75) is 13.0 Å². The number of nitrogens with zero attached hydrogens (tertiary/aromatic N) is 3. The fraction of sp³-hybridized carbons (Fsp3) is 0.750. The topological polar surface area (TPSA) is 70.8 Å². The van der Waals surface area contributed by atoms with Crippen molar-refractivity contribution in [2.24, 2.45) is 11.3 Å². The van der Waals surface area contributed by atoms with Crippen molar-refractivity contribution in [1.29, 1.82) is 0 Å². The van der Waals surface area contributed by atoms with E-state index in [1.165, 1.54) is 0 Å². The van der Waals surface area contributed by atoms with E-state index in [4.69, 9.17) is 9.26 Å². The van der Waals surface area contributed by atoms with Crippen LogP contribution in [0.4, 0.5) is 0 Å². The Hall–Kier alpha value is -1.44. The minimum Gasteiger partial charge on any atom is -0.380 e. The van der Waals surface area contributed by atoms with Gasteiger partial charge in [-0.15, -0.1) is 0 Å². The third-order valence-corrected chi connectivity index (χ3v) is 5.55. The van der Waals surface area contributed by atoms with Crippen molar-refractivity contribution < 1.29 is 14.1 Å². The molecule has 3 fully saturated rings. The van der Waals surface area contributed by atoms with Crippen molar-refractivity contribution in [3.63, 3.8) is 0 Å². The maximum atomic E-state index is 13.1. The Morgan fingerprint density at radius 3 is 3.04 bits per heavy atom. The van der Waals surface area contributed by atoms with Crippen LogP contribution in [0.25, 0.3) is 0 Å². The molecule has 3 aliphatic rings. The molecule has 3 saturated heterocycles. The molecular formula is C16H24N4O3. The van der Waals surface area contributed by atoms with Gasteiger partial charge in [-0.05, 0) is 18.9 Å². The van der Waals surface area contributed by atoms with E-state index in [0.717, 1.165) is 64.5 Å². The lowest BCUT2D eigenvalue weighted by molar-refractivity contribution is -0.154. The smallest absolute Gasteiger partial charge is 0.232 e. The molecule has 23 heavy (non-hydrogen) atoms. The highest BCUT2D eigenvalue weighted by Gasteiger charge is 2.52. The molecule has 0 aromatic carbocycles. The molecule has 0 unspecified atom stereocenters. The molecule has 1 aromatic rings. The summed E-state index contributed by atoms with van der Waals surface area (Å²) in [4.78, 5) is 17.5. The number of ether oxygens (including phenoxy) is 1. The molecule has 4 rings (SSSR count). The number of aromatic nitrogens is 1. The van der Waals surface area contributed by atoms with Crippen LogP contribution in [0.15, 0.2) is 16.9 Å². The summed E-state index contributed by atoms with van der Waals surface area (Å²) in [6, 6.07) is 1.89. The number of hydrogen-bond acceptors (Lipinski definition) is 6. The number of rotatable bonds is 3. The first kappa shape index (κ1) is 15.1. The second-order valence-corrected chi connectivity index (χ2v) is 6.88. The van der Waals surface area contributed by atoms with Crippen LogP contribution in [0.5, 0.6) is 0 Å². The molecule has 0 spiro atoms. The molecular weight excluding hydrogens is 296 g/mol. The molecule has 3 aliphatic heterocycles. The Balaban J connectivity index is 1.37. The van der Waals surface area contributed by atoms with Crippen LogP contribution < -0.4 is 5.32 Å². The van der Waals surface area contributed by atoms with Gasteiger partial charge in [-0.3, -0.25) is 9.69 Å². The summed E-state index contributed by atoms with van der Waals surface area (Å²) >= 11 is 0. The zero-order valence-corrected chi connectivity index (χ0v) is 13.4. The second kappa shape index (κ2) is 6.22. The molecule has 0 radical (unpaired) electrons. The Kier molecular flexibility index (Phi) is 4.09. The minimum absolute atomic E-state index is 0.285. The predicted molar refractivity (Wildman–Crippen MR) is 82.6 cm³/mol. The average Bonchev–Trinajstić information content (AvgIpc) is 3.24. The van der Waals surface area contributed by atoms with Crippen LogP contribution >= 0.6 is 0 Å². The first-order valence-corrected chi connectivity index (χ1v) is 8.47. The Morgan fingerprint density at radius 2 is 2.26 bits per heavy atom. The van der Waals surface area contributed by atoms with Crippen molar-refractivity contribution in [2.75, 3.05) is 52.5 Å². The summed E-state index contributed by atoms with van der Waals surface area (Å²) in [6.07, 6.45) is 2.59. The molecule has 4 heterocycles. The Morgan fingerprint density at radius 1 is 1.39 bits per heavy atom. The van der Waals surface area contributed by atoms with E-state index in [2.05, 4.69) is 15.4 Å². The number of carbonyl (C=O) groups excluding carboxylic acids is 1. The molecule has 7 nitrogen and oxygen atoms in total. The molecule has 1 amide bonds. The summed E-state index contributed by atoms with van der Waals surface area (Å²) in [5.41, 5.74) is 0.621. The predicted octanol–water partition coefficient (Wildman–Crippen LogP) is -0.0551. The van der Waals surface area contributed by atoms with Gasteiger partial charge in [-0.25, -0.2) is 0 Å². The van der Waals surface area contributed by atoms with Gasteiger partial charge in [0, 0.05) is 51.9 Å². The number of nitrogens with one attached hydrogen (secondary N) is 1.